The van der Waals surface area contributed by atoms with E-state index < -0.39 is 41.2 Å². The van der Waals surface area contributed by atoms with Crippen LogP contribution in [0.5, 0.6) is 5.88 Å². The Labute approximate surface area is 187 Å². The van der Waals surface area contributed by atoms with E-state index in [1.54, 1.807) is 13.0 Å². The van der Waals surface area contributed by atoms with Gasteiger partial charge < -0.3 is 9.47 Å². The third kappa shape index (κ3) is 10.3. The molecule has 0 spiro atoms. The fraction of sp³-hybridized carbons (Fsp3) is 0.545. The van der Waals surface area contributed by atoms with Gasteiger partial charge >= 0.3 is 18.3 Å². The highest BCUT2D eigenvalue weighted by molar-refractivity contribution is 5.87. The number of pyridine rings is 1. The van der Waals surface area contributed by atoms with Crippen LogP contribution in [0.3, 0.4) is 0 Å². The molecule has 0 saturated carbocycles. The van der Waals surface area contributed by atoms with Gasteiger partial charge in [-0.2, -0.15) is 30.7 Å². The molecule has 4 nitrogen and oxygen atoms in total. The van der Waals surface area contributed by atoms with Crippen molar-refractivity contribution in [3.05, 3.63) is 46.9 Å². The maximum atomic E-state index is 13.6. The number of halogens is 7. The number of nitrogens with zero attached hydrogens (tertiary/aromatic N) is 1. The molecule has 0 aliphatic carbocycles. The average Bonchev–Trinajstić information content (AvgIpc) is 2.73. The Balaban J connectivity index is 2.36. The fourth-order valence-corrected chi connectivity index (χ4v) is 2.68. The molecule has 33 heavy (non-hydrogen) atoms. The SMILES string of the molecule is CCOC(=O)C(F)=C(C)C=CCCCCCCCOc1ncc(C(F)(F)F)cc1C(F)(F)F. The Kier molecular flexibility index (Phi) is 11.4. The standard InChI is InChI=1S/C22H26F7NO3/c1-3-32-20(31)18(23)15(2)11-9-7-5-4-6-8-10-12-33-19-17(22(27,28)29)13-16(14-30-19)21(24,25)26/h9,11,13-14H,3-8,10,12H2,1-2H3. The van der Waals surface area contributed by atoms with Crippen LogP contribution in [-0.2, 0) is 21.9 Å². The Morgan fingerprint density at radius 2 is 1.67 bits per heavy atom. The van der Waals surface area contributed by atoms with Gasteiger partial charge in [-0.05, 0) is 44.7 Å². The van der Waals surface area contributed by atoms with Gasteiger partial charge in [-0.3, -0.25) is 0 Å². The van der Waals surface area contributed by atoms with Crippen molar-refractivity contribution in [2.75, 3.05) is 13.2 Å². The number of unbranched alkanes of at least 4 members (excludes halogenated alkanes) is 5. The normalized spacial score (nSPS) is 13.2. The van der Waals surface area contributed by atoms with Crippen molar-refractivity contribution in [1.82, 2.24) is 4.98 Å². The molecule has 186 valence electrons. The van der Waals surface area contributed by atoms with Crippen molar-refractivity contribution in [3.8, 4) is 5.88 Å². The van der Waals surface area contributed by atoms with Gasteiger partial charge in [0.15, 0.2) is 0 Å². The van der Waals surface area contributed by atoms with Gasteiger partial charge in [-0.1, -0.05) is 31.4 Å². The lowest BCUT2D eigenvalue weighted by Crippen LogP contribution is -2.14. The molecular weight excluding hydrogens is 459 g/mol. The molecule has 0 aliphatic rings. The second-order valence-electron chi connectivity index (χ2n) is 7.10. The molecule has 1 heterocycles. The van der Waals surface area contributed by atoms with Crippen LogP contribution in [0, 0.1) is 0 Å². The van der Waals surface area contributed by atoms with Gasteiger partial charge in [0.2, 0.25) is 11.7 Å². The van der Waals surface area contributed by atoms with Crippen LogP contribution in [0.1, 0.15) is 63.5 Å². The summed E-state index contributed by atoms with van der Waals surface area (Å²) in [4.78, 5) is 14.5. The molecule has 0 fully saturated rings. The highest BCUT2D eigenvalue weighted by atomic mass is 19.4. The van der Waals surface area contributed by atoms with Gasteiger partial charge in [0.05, 0.1) is 18.8 Å². The number of allylic oxidation sites excluding steroid dienone is 3. The molecular formula is C22H26F7NO3. The van der Waals surface area contributed by atoms with E-state index in [1.807, 2.05) is 0 Å². The van der Waals surface area contributed by atoms with Crippen LogP contribution in [-0.4, -0.2) is 24.2 Å². The number of hydrogen-bond acceptors (Lipinski definition) is 4. The van der Waals surface area contributed by atoms with E-state index in [0.29, 0.717) is 25.5 Å². The summed E-state index contributed by atoms with van der Waals surface area (Å²) in [7, 11) is 0. The van der Waals surface area contributed by atoms with E-state index in [0.717, 1.165) is 19.3 Å². The lowest BCUT2D eigenvalue weighted by Gasteiger charge is -2.15. The maximum absolute atomic E-state index is 13.6. The van der Waals surface area contributed by atoms with Gasteiger partial charge in [-0.15, -0.1) is 0 Å². The summed E-state index contributed by atoms with van der Waals surface area (Å²) in [5.74, 6) is -2.82. The second-order valence-corrected chi connectivity index (χ2v) is 7.10. The molecule has 0 saturated heterocycles. The van der Waals surface area contributed by atoms with Crippen molar-refractivity contribution in [1.29, 1.82) is 0 Å². The zero-order chi connectivity index (χ0) is 25.1. The first-order chi connectivity index (χ1) is 15.4. The van der Waals surface area contributed by atoms with E-state index in [-0.39, 0.29) is 24.9 Å². The van der Waals surface area contributed by atoms with E-state index >= 15 is 0 Å². The number of rotatable bonds is 12. The Hall–Kier alpha value is -2.59. The zero-order valence-corrected chi connectivity index (χ0v) is 18.3. The maximum Gasteiger partial charge on any atom is 0.421 e. The number of carbonyl (C=O) groups is 1. The third-order valence-electron chi connectivity index (χ3n) is 4.41. The number of alkyl halides is 6. The summed E-state index contributed by atoms with van der Waals surface area (Å²) in [6.07, 6.45) is -2.39. The molecule has 0 radical (unpaired) electrons. The third-order valence-corrected chi connectivity index (χ3v) is 4.41. The van der Waals surface area contributed by atoms with Gasteiger partial charge in [0, 0.05) is 6.20 Å². The van der Waals surface area contributed by atoms with Crippen LogP contribution in [0.15, 0.2) is 35.8 Å². The molecule has 0 aliphatic heterocycles. The fourth-order valence-electron chi connectivity index (χ4n) is 2.68. The number of esters is 1. The minimum absolute atomic E-state index is 0.00857. The van der Waals surface area contributed by atoms with E-state index in [1.165, 1.54) is 13.0 Å². The number of carbonyl (C=O) groups excluding carboxylic acids is 1. The van der Waals surface area contributed by atoms with Crippen LogP contribution >= 0.6 is 0 Å². The van der Waals surface area contributed by atoms with Gasteiger partial charge in [0.25, 0.3) is 0 Å². The molecule has 0 unspecified atom stereocenters. The van der Waals surface area contributed by atoms with Gasteiger partial charge in [-0.25, -0.2) is 9.78 Å². The molecule has 0 bridgehead atoms. The molecule has 0 N–H and O–H groups in total. The van der Waals surface area contributed by atoms with Crippen LogP contribution < -0.4 is 4.74 Å². The predicted molar refractivity (Wildman–Crippen MR) is 107 cm³/mol. The van der Waals surface area contributed by atoms with Gasteiger partial charge in [0.1, 0.15) is 5.56 Å². The van der Waals surface area contributed by atoms with E-state index in [4.69, 9.17) is 4.74 Å². The summed E-state index contributed by atoms with van der Waals surface area (Å²) in [5, 5.41) is 0. The predicted octanol–water partition coefficient (Wildman–Crippen LogP) is 7.20. The first kappa shape index (κ1) is 28.4. The summed E-state index contributed by atoms with van der Waals surface area (Å²) < 4.78 is 100. The molecule has 11 heteroatoms. The molecule has 0 amide bonds. The van der Waals surface area contributed by atoms with Crippen molar-refractivity contribution in [2.45, 2.75) is 64.7 Å². The summed E-state index contributed by atoms with van der Waals surface area (Å²) in [5.41, 5.74) is -2.89. The van der Waals surface area contributed by atoms with Crippen LogP contribution in [0.4, 0.5) is 30.7 Å². The molecule has 1 aromatic rings. The monoisotopic (exact) mass is 485 g/mol. The molecule has 0 atom stereocenters. The topological polar surface area (TPSA) is 48.4 Å². The first-order valence-electron chi connectivity index (χ1n) is 10.3. The van der Waals surface area contributed by atoms with Crippen molar-refractivity contribution in [3.63, 3.8) is 0 Å². The Bertz CT molecular complexity index is 830. The summed E-state index contributed by atoms with van der Waals surface area (Å²) >= 11 is 0. The first-order valence-corrected chi connectivity index (χ1v) is 10.3. The highest BCUT2D eigenvalue weighted by Crippen LogP contribution is 2.39. The van der Waals surface area contributed by atoms with Crippen molar-refractivity contribution < 1.29 is 45.0 Å². The lowest BCUT2D eigenvalue weighted by molar-refractivity contribution is -0.144. The van der Waals surface area contributed by atoms with Crippen LogP contribution in [0.2, 0.25) is 0 Å². The second kappa shape index (κ2) is 13.2. The summed E-state index contributed by atoms with van der Waals surface area (Å²) in [6, 6.07) is -0.00857. The summed E-state index contributed by atoms with van der Waals surface area (Å²) in [6.45, 7) is 3.00. The number of ether oxygens (including phenoxy) is 2. The van der Waals surface area contributed by atoms with Crippen LogP contribution in [0.25, 0.3) is 0 Å². The Morgan fingerprint density at radius 3 is 2.27 bits per heavy atom. The highest BCUT2D eigenvalue weighted by Gasteiger charge is 2.39. The quantitative estimate of drug-likeness (QED) is 0.103. The lowest BCUT2D eigenvalue weighted by atomic mass is 10.1. The molecule has 0 aromatic carbocycles. The average molecular weight is 485 g/mol. The smallest absolute Gasteiger partial charge is 0.421 e. The van der Waals surface area contributed by atoms with E-state index in [2.05, 4.69) is 9.72 Å². The minimum atomic E-state index is -5.02. The minimum Gasteiger partial charge on any atom is -0.477 e. The largest absolute Gasteiger partial charge is 0.477 e. The number of aromatic nitrogens is 1. The van der Waals surface area contributed by atoms with Crippen molar-refractivity contribution in [2.24, 2.45) is 0 Å². The van der Waals surface area contributed by atoms with Crippen molar-refractivity contribution >= 4 is 5.97 Å². The Morgan fingerprint density at radius 1 is 1.03 bits per heavy atom. The number of hydrogen-bond donors (Lipinski definition) is 0. The van der Waals surface area contributed by atoms with E-state index in [9.17, 15) is 35.5 Å². The molecule has 1 aromatic heterocycles. The molecule has 1 rings (SSSR count). The zero-order valence-electron chi connectivity index (χ0n) is 18.3.